The second-order valence-electron chi connectivity index (χ2n) is 4.33. The molecule has 94 valence electrons. The van der Waals surface area contributed by atoms with Crippen LogP contribution in [0.5, 0.6) is 0 Å². The number of aliphatic carboxylic acids is 1. The van der Waals surface area contributed by atoms with E-state index in [1.807, 2.05) is 0 Å². The van der Waals surface area contributed by atoms with Crippen molar-refractivity contribution in [2.45, 2.75) is 43.9 Å². The van der Waals surface area contributed by atoms with Crippen molar-refractivity contribution in [1.29, 1.82) is 0 Å². The SMILES string of the molecule is O=C(O)CC(O)(C1CCCCC1)P(=O)(O)O. The minimum absolute atomic E-state index is 0.467. The molecule has 0 aromatic heterocycles. The summed E-state index contributed by atoms with van der Waals surface area (Å²) in [6.07, 6.45) is 2.53. The van der Waals surface area contributed by atoms with Gasteiger partial charge in [-0.05, 0) is 18.8 Å². The van der Waals surface area contributed by atoms with Crippen LogP contribution in [0.2, 0.25) is 0 Å². The van der Waals surface area contributed by atoms with Crippen LogP contribution in [-0.2, 0) is 9.36 Å². The van der Waals surface area contributed by atoms with E-state index in [0.717, 1.165) is 19.3 Å². The molecule has 6 nitrogen and oxygen atoms in total. The van der Waals surface area contributed by atoms with Crippen LogP contribution in [0.3, 0.4) is 0 Å². The number of hydrogen-bond donors (Lipinski definition) is 4. The smallest absolute Gasteiger partial charge is 0.357 e. The van der Waals surface area contributed by atoms with Gasteiger partial charge in [-0.25, -0.2) is 0 Å². The fourth-order valence-corrected chi connectivity index (χ4v) is 3.35. The van der Waals surface area contributed by atoms with Crippen molar-refractivity contribution in [3.63, 3.8) is 0 Å². The zero-order chi connectivity index (χ0) is 12.4. The van der Waals surface area contributed by atoms with Crippen molar-refractivity contribution in [1.82, 2.24) is 0 Å². The summed E-state index contributed by atoms with van der Waals surface area (Å²) >= 11 is 0. The van der Waals surface area contributed by atoms with Crippen LogP contribution >= 0.6 is 7.60 Å². The molecular formula is C9H17O6P. The Morgan fingerprint density at radius 1 is 1.25 bits per heavy atom. The van der Waals surface area contributed by atoms with Crippen molar-refractivity contribution in [3.05, 3.63) is 0 Å². The lowest BCUT2D eigenvalue weighted by Gasteiger charge is -2.37. The molecule has 4 N–H and O–H groups in total. The van der Waals surface area contributed by atoms with Gasteiger partial charge < -0.3 is 20.0 Å². The second-order valence-corrected chi connectivity index (χ2v) is 6.19. The lowest BCUT2D eigenvalue weighted by molar-refractivity contribution is -0.142. The van der Waals surface area contributed by atoms with Crippen LogP contribution in [-0.4, -0.2) is 31.3 Å². The van der Waals surface area contributed by atoms with Gasteiger partial charge in [0, 0.05) is 0 Å². The third kappa shape index (κ3) is 2.83. The topological polar surface area (TPSA) is 115 Å². The van der Waals surface area contributed by atoms with E-state index in [1.54, 1.807) is 0 Å². The highest BCUT2D eigenvalue weighted by molar-refractivity contribution is 7.53. The zero-order valence-electron chi connectivity index (χ0n) is 8.87. The first-order valence-electron chi connectivity index (χ1n) is 5.27. The Morgan fingerprint density at radius 3 is 2.12 bits per heavy atom. The summed E-state index contributed by atoms with van der Waals surface area (Å²) in [6, 6.07) is 0. The number of aliphatic hydroxyl groups is 1. The van der Waals surface area contributed by atoms with E-state index in [4.69, 9.17) is 14.9 Å². The van der Waals surface area contributed by atoms with Gasteiger partial charge in [-0.3, -0.25) is 9.36 Å². The first-order valence-corrected chi connectivity index (χ1v) is 6.88. The first-order chi connectivity index (χ1) is 7.27. The monoisotopic (exact) mass is 252 g/mol. The fraction of sp³-hybridized carbons (Fsp3) is 0.889. The van der Waals surface area contributed by atoms with Crippen molar-refractivity contribution in [3.8, 4) is 0 Å². The molecule has 1 aliphatic carbocycles. The summed E-state index contributed by atoms with van der Waals surface area (Å²) in [5.74, 6) is -2.02. The Labute approximate surface area is 93.5 Å². The molecule has 7 heteroatoms. The number of carbonyl (C=O) groups is 1. The van der Waals surface area contributed by atoms with Crippen LogP contribution in [0.25, 0.3) is 0 Å². The van der Waals surface area contributed by atoms with Crippen LogP contribution in [0.15, 0.2) is 0 Å². The van der Waals surface area contributed by atoms with Crippen LogP contribution in [0.4, 0.5) is 0 Å². The third-order valence-electron chi connectivity index (χ3n) is 3.17. The van der Waals surface area contributed by atoms with E-state index in [-0.39, 0.29) is 0 Å². The zero-order valence-corrected chi connectivity index (χ0v) is 9.77. The lowest BCUT2D eigenvalue weighted by atomic mass is 9.83. The predicted molar refractivity (Wildman–Crippen MR) is 55.8 cm³/mol. The average molecular weight is 252 g/mol. The maximum atomic E-state index is 11.3. The molecule has 0 saturated heterocycles. The molecule has 0 aromatic carbocycles. The van der Waals surface area contributed by atoms with Gasteiger partial charge in [0.15, 0.2) is 5.34 Å². The highest BCUT2D eigenvalue weighted by Crippen LogP contribution is 2.57. The van der Waals surface area contributed by atoms with Gasteiger partial charge in [0.05, 0.1) is 6.42 Å². The molecule has 1 aliphatic rings. The van der Waals surface area contributed by atoms with E-state index < -0.39 is 31.2 Å². The van der Waals surface area contributed by atoms with Crippen molar-refractivity contribution in [2.75, 3.05) is 0 Å². The Balaban J connectivity index is 2.93. The minimum atomic E-state index is -4.84. The molecule has 1 saturated carbocycles. The minimum Gasteiger partial charge on any atom is -0.481 e. The molecule has 0 heterocycles. The molecule has 0 spiro atoms. The fourth-order valence-electron chi connectivity index (χ4n) is 2.27. The molecule has 0 radical (unpaired) electrons. The maximum Gasteiger partial charge on any atom is 0.357 e. The Hall–Kier alpha value is -0.420. The average Bonchev–Trinajstić information content (AvgIpc) is 2.16. The normalized spacial score (nSPS) is 22.7. The van der Waals surface area contributed by atoms with Crippen molar-refractivity contribution in [2.24, 2.45) is 5.92 Å². The molecule has 16 heavy (non-hydrogen) atoms. The number of carboxylic acids is 1. The summed E-state index contributed by atoms with van der Waals surface area (Å²) < 4.78 is 11.3. The molecule has 1 rings (SSSR count). The molecule has 1 unspecified atom stereocenters. The molecule has 0 bridgehead atoms. The molecule has 1 fully saturated rings. The van der Waals surface area contributed by atoms with E-state index >= 15 is 0 Å². The summed E-state index contributed by atoms with van der Waals surface area (Å²) in [6.45, 7) is 0. The molecular weight excluding hydrogens is 235 g/mol. The standard InChI is InChI=1S/C9H17O6P/c10-8(11)6-9(12,16(13,14)15)7-4-2-1-3-5-7/h7,12H,1-6H2,(H,10,11)(H2,13,14,15). The van der Waals surface area contributed by atoms with E-state index in [9.17, 15) is 14.5 Å². The van der Waals surface area contributed by atoms with Gasteiger partial charge in [-0.15, -0.1) is 0 Å². The largest absolute Gasteiger partial charge is 0.481 e. The Morgan fingerprint density at radius 2 is 1.75 bits per heavy atom. The van der Waals surface area contributed by atoms with E-state index in [0.29, 0.717) is 12.8 Å². The van der Waals surface area contributed by atoms with Crippen molar-refractivity contribution < 1.29 is 29.4 Å². The number of hydrogen-bond acceptors (Lipinski definition) is 3. The summed E-state index contributed by atoms with van der Waals surface area (Å²) in [5.41, 5.74) is 0. The molecule has 1 atom stereocenters. The summed E-state index contributed by atoms with van der Waals surface area (Å²) in [4.78, 5) is 28.9. The lowest BCUT2D eigenvalue weighted by Crippen LogP contribution is -2.41. The maximum absolute atomic E-state index is 11.3. The van der Waals surface area contributed by atoms with E-state index in [1.165, 1.54) is 0 Å². The molecule has 0 aliphatic heterocycles. The van der Waals surface area contributed by atoms with Gasteiger partial charge >= 0.3 is 13.6 Å². The van der Waals surface area contributed by atoms with Gasteiger partial charge in [-0.1, -0.05) is 19.3 Å². The van der Waals surface area contributed by atoms with Crippen LogP contribution in [0.1, 0.15) is 38.5 Å². The first kappa shape index (κ1) is 13.6. The molecule has 0 amide bonds. The highest BCUT2D eigenvalue weighted by atomic mass is 31.2. The molecule has 0 aromatic rings. The van der Waals surface area contributed by atoms with Gasteiger partial charge in [-0.2, -0.15) is 0 Å². The number of rotatable bonds is 4. The summed E-state index contributed by atoms with van der Waals surface area (Å²) in [7, 11) is -4.84. The van der Waals surface area contributed by atoms with Crippen molar-refractivity contribution >= 4 is 13.6 Å². The summed E-state index contributed by atoms with van der Waals surface area (Å²) in [5, 5.41) is 16.2. The third-order valence-corrected chi connectivity index (χ3v) is 4.71. The van der Waals surface area contributed by atoms with Crippen LogP contribution in [0, 0.1) is 5.92 Å². The van der Waals surface area contributed by atoms with Crippen LogP contribution < -0.4 is 0 Å². The van der Waals surface area contributed by atoms with Gasteiger partial charge in [0.1, 0.15) is 0 Å². The second kappa shape index (κ2) is 4.84. The predicted octanol–water partition coefficient (Wildman–Crippen LogP) is 0.908. The van der Waals surface area contributed by atoms with Gasteiger partial charge in [0.25, 0.3) is 0 Å². The quantitative estimate of drug-likeness (QED) is 0.553. The Bertz CT molecular complexity index is 305. The Kier molecular flexibility index (Phi) is 4.12. The van der Waals surface area contributed by atoms with E-state index in [2.05, 4.69) is 0 Å². The van der Waals surface area contributed by atoms with Gasteiger partial charge in [0.2, 0.25) is 0 Å². The number of carboxylic acid groups (broad SMARTS) is 1. The highest BCUT2D eigenvalue weighted by Gasteiger charge is 2.52.